The Balaban J connectivity index is 1.25. The maximum absolute atomic E-state index is 13.6. The zero-order valence-corrected chi connectivity index (χ0v) is 20.0. The molecule has 0 atom stereocenters. The number of hydrogen-bond acceptors (Lipinski definition) is 5. The summed E-state index contributed by atoms with van der Waals surface area (Å²) in [4.78, 5) is 39.2. The standard InChI is InChI=1S/C27H34N4O3/c1-30-16-17-34-23-8-3-2-6-20(23)7-4-5-11-27(26(30)33)12-14-31(15-13-27)25(32)22-18-28-24(29-19-22)21-9-10-21/h2-3,6,8,18-19,21H,4-5,7,9-17H2,1H3. The SMILES string of the molecule is CN1CCOc2ccccc2CCCCC2(CCN(C(=O)c3cnc(C4CC4)nc3)CC2)C1=O. The summed E-state index contributed by atoms with van der Waals surface area (Å²) in [6, 6.07) is 8.21. The Morgan fingerprint density at radius 2 is 1.76 bits per heavy atom. The van der Waals surface area contributed by atoms with Crippen molar-refractivity contribution < 1.29 is 14.3 Å². The number of amides is 2. The highest BCUT2D eigenvalue weighted by Gasteiger charge is 2.43. The Kier molecular flexibility index (Phi) is 6.53. The number of carbonyl (C=O) groups is 2. The van der Waals surface area contributed by atoms with Crippen LogP contribution in [0.5, 0.6) is 5.75 Å². The maximum Gasteiger partial charge on any atom is 0.256 e. The van der Waals surface area contributed by atoms with Gasteiger partial charge in [0.1, 0.15) is 18.2 Å². The van der Waals surface area contributed by atoms with Crippen LogP contribution in [0.1, 0.15) is 72.6 Å². The van der Waals surface area contributed by atoms with Crippen molar-refractivity contribution in [2.75, 3.05) is 33.3 Å². The van der Waals surface area contributed by atoms with E-state index in [9.17, 15) is 9.59 Å². The highest BCUT2D eigenvalue weighted by Crippen LogP contribution is 2.40. The van der Waals surface area contributed by atoms with E-state index >= 15 is 0 Å². The van der Waals surface area contributed by atoms with Gasteiger partial charge in [-0.25, -0.2) is 9.97 Å². The molecule has 2 amide bonds. The van der Waals surface area contributed by atoms with Gasteiger partial charge in [-0.05, 0) is 56.6 Å². The van der Waals surface area contributed by atoms with E-state index in [4.69, 9.17) is 4.74 Å². The number of rotatable bonds is 2. The second kappa shape index (κ2) is 9.72. The summed E-state index contributed by atoms with van der Waals surface area (Å²) in [7, 11) is 1.88. The fraction of sp³-hybridized carbons (Fsp3) is 0.556. The zero-order chi connectivity index (χ0) is 23.5. The summed E-state index contributed by atoms with van der Waals surface area (Å²) in [6.07, 6.45) is 10.8. The summed E-state index contributed by atoms with van der Waals surface area (Å²) >= 11 is 0. The lowest BCUT2D eigenvalue weighted by Gasteiger charge is -2.43. The summed E-state index contributed by atoms with van der Waals surface area (Å²) in [5.41, 5.74) is 1.37. The molecular formula is C27H34N4O3. The normalized spacial score (nSPS) is 21.3. The Morgan fingerprint density at radius 3 is 2.50 bits per heavy atom. The van der Waals surface area contributed by atoms with Gasteiger partial charge in [-0.2, -0.15) is 0 Å². The predicted octanol–water partition coefficient (Wildman–Crippen LogP) is 3.84. The zero-order valence-electron chi connectivity index (χ0n) is 20.0. The second-order valence-corrected chi connectivity index (χ2v) is 10.1. The van der Waals surface area contributed by atoms with Crippen molar-refractivity contribution in [1.29, 1.82) is 0 Å². The lowest BCUT2D eigenvalue weighted by Crippen LogP contribution is -2.51. The topological polar surface area (TPSA) is 75.6 Å². The van der Waals surface area contributed by atoms with Crippen LogP contribution in [-0.4, -0.2) is 64.9 Å². The number of aromatic nitrogens is 2. The van der Waals surface area contributed by atoms with Gasteiger partial charge < -0.3 is 14.5 Å². The van der Waals surface area contributed by atoms with Gasteiger partial charge in [0.05, 0.1) is 17.5 Å². The molecule has 2 fully saturated rings. The number of hydrogen-bond donors (Lipinski definition) is 0. The van der Waals surface area contributed by atoms with Crippen LogP contribution >= 0.6 is 0 Å². The lowest BCUT2D eigenvalue weighted by molar-refractivity contribution is -0.144. The highest BCUT2D eigenvalue weighted by molar-refractivity contribution is 5.94. The number of ether oxygens (including phenoxy) is 1. The van der Waals surface area contributed by atoms with Crippen molar-refractivity contribution in [3.8, 4) is 5.75 Å². The molecule has 1 aromatic heterocycles. The number of para-hydroxylation sites is 1. The first-order valence-electron chi connectivity index (χ1n) is 12.6. The molecule has 7 heteroatoms. The second-order valence-electron chi connectivity index (χ2n) is 10.1. The van der Waals surface area contributed by atoms with E-state index in [0.29, 0.717) is 50.6 Å². The van der Waals surface area contributed by atoms with E-state index in [2.05, 4.69) is 22.1 Å². The molecular weight excluding hydrogens is 428 g/mol. The number of likely N-dealkylation sites (tertiary alicyclic amines) is 1. The molecule has 0 radical (unpaired) electrons. The van der Waals surface area contributed by atoms with E-state index in [-0.39, 0.29) is 11.8 Å². The molecule has 1 saturated carbocycles. The minimum Gasteiger partial charge on any atom is -0.491 e. The first-order chi connectivity index (χ1) is 16.6. The van der Waals surface area contributed by atoms with Crippen LogP contribution in [0.25, 0.3) is 0 Å². The van der Waals surface area contributed by atoms with Gasteiger partial charge >= 0.3 is 0 Å². The van der Waals surface area contributed by atoms with Crippen LogP contribution < -0.4 is 4.74 Å². The van der Waals surface area contributed by atoms with Crippen molar-refractivity contribution in [3.05, 3.63) is 53.6 Å². The third-order valence-electron chi connectivity index (χ3n) is 7.68. The Bertz CT molecular complexity index is 1030. The van der Waals surface area contributed by atoms with Crippen LogP contribution in [0.3, 0.4) is 0 Å². The van der Waals surface area contributed by atoms with Gasteiger partial charge in [0.2, 0.25) is 5.91 Å². The number of nitrogens with zero attached hydrogens (tertiary/aromatic N) is 4. The molecule has 0 N–H and O–H groups in total. The largest absolute Gasteiger partial charge is 0.491 e. The molecule has 34 heavy (non-hydrogen) atoms. The number of aryl methyl sites for hydroxylation is 1. The average molecular weight is 463 g/mol. The van der Waals surface area contributed by atoms with Crippen LogP contribution in [0.15, 0.2) is 36.7 Å². The first kappa shape index (κ1) is 22.8. The third kappa shape index (κ3) is 4.79. The molecule has 2 aliphatic heterocycles. The van der Waals surface area contributed by atoms with Gasteiger partial charge in [-0.15, -0.1) is 0 Å². The number of likely N-dealkylation sites (N-methyl/N-ethyl adjacent to an activating group) is 1. The van der Waals surface area contributed by atoms with Crippen LogP contribution in [0.4, 0.5) is 0 Å². The summed E-state index contributed by atoms with van der Waals surface area (Å²) in [6.45, 7) is 2.21. The molecule has 3 aliphatic rings. The van der Waals surface area contributed by atoms with E-state index in [1.807, 2.05) is 29.0 Å². The molecule has 0 bridgehead atoms. The molecule has 3 heterocycles. The smallest absolute Gasteiger partial charge is 0.256 e. The van der Waals surface area contributed by atoms with Crippen molar-refractivity contribution in [2.24, 2.45) is 5.41 Å². The average Bonchev–Trinajstić information content (AvgIpc) is 3.72. The number of fused-ring (bicyclic) bond motifs is 1. The van der Waals surface area contributed by atoms with Gasteiger partial charge in [-0.3, -0.25) is 9.59 Å². The molecule has 180 valence electrons. The Labute approximate surface area is 201 Å². The molecule has 5 rings (SSSR count). The first-order valence-corrected chi connectivity index (χ1v) is 12.6. The van der Waals surface area contributed by atoms with E-state index in [0.717, 1.165) is 50.1 Å². The van der Waals surface area contributed by atoms with Crippen LogP contribution in [0, 0.1) is 5.41 Å². The minimum absolute atomic E-state index is 0.0313. The minimum atomic E-state index is -0.406. The van der Waals surface area contributed by atoms with Crippen molar-refractivity contribution in [3.63, 3.8) is 0 Å². The molecule has 0 unspecified atom stereocenters. The molecule has 1 saturated heterocycles. The van der Waals surface area contributed by atoms with Crippen LogP contribution in [0.2, 0.25) is 0 Å². The summed E-state index contributed by atoms with van der Waals surface area (Å²) in [5.74, 6) is 2.41. The molecule has 7 nitrogen and oxygen atoms in total. The lowest BCUT2D eigenvalue weighted by atomic mass is 9.73. The van der Waals surface area contributed by atoms with Crippen molar-refractivity contribution in [2.45, 2.75) is 57.3 Å². The van der Waals surface area contributed by atoms with Gasteiger partial charge in [-0.1, -0.05) is 24.6 Å². The Morgan fingerprint density at radius 1 is 1.03 bits per heavy atom. The fourth-order valence-corrected chi connectivity index (χ4v) is 5.32. The van der Waals surface area contributed by atoms with E-state index in [1.165, 1.54) is 5.56 Å². The molecule has 1 aromatic carbocycles. The quantitative estimate of drug-likeness (QED) is 0.678. The number of piperidine rings is 1. The maximum atomic E-state index is 13.6. The summed E-state index contributed by atoms with van der Waals surface area (Å²) in [5, 5.41) is 0. The third-order valence-corrected chi connectivity index (χ3v) is 7.68. The van der Waals surface area contributed by atoms with Gasteiger partial charge in [0.25, 0.3) is 5.91 Å². The van der Waals surface area contributed by atoms with E-state index < -0.39 is 5.41 Å². The molecule has 1 aliphatic carbocycles. The molecule has 2 aromatic rings. The predicted molar refractivity (Wildman–Crippen MR) is 129 cm³/mol. The summed E-state index contributed by atoms with van der Waals surface area (Å²) < 4.78 is 6.02. The number of benzene rings is 1. The van der Waals surface area contributed by atoms with Crippen molar-refractivity contribution in [1.82, 2.24) is 19.8 Å². The highest BCUT2D eigenvalue weighted by atomic mass is 16.5. The molecule has 1 spiro atoms. The monoisotopic (exact) mass is 462 g/mol. The van der Waals surface area contributed by atoms with Crippen molar-refractivity contribution >= 4 is 11.8 Å². The van der Waals surface area contributed by atoms with Crippen LogP contribution in [-0.2, 0) is 11.2 Å². The fourth-order valence-electron chi connectivity index (χ4n) is 5.32. The van der Waals surface area contributed by atoms with E-state index in [1.54, 1.807) is 12.4 Å². The van der Waals surface area contributed by atoms with Gasteiger partial charge in [0.15, 0.2) is 0 Å². The Hall–Kier alpha value is -2.96. The number of carbonyl (C=O) groups excluding carboxylic acids is 2. The van der Waals surface area contributed by atoms with Gasteiger partial charge in [0, 0.05) is 38.4 Å².